The van der Waals surface area contributed by atoms with Gasteiger partial charge in [-0.1, -0.05) is 121 Å². The summed E-state index contributed by atoms with van der Waals surface area (Å²) in [7, 11) is -4.18. The summed E-state index contributed by atoms with van der Waals surface area (Å²) in [5.41, 5.74) is 0.949. The first-order valence-corrected chi connectivity index (χ1v) is 13.5. The Balaban J connectivity index is 1.93. The van der Waals surface area contributed by atoms with Crippen LogP contribution < -0.4 is 0 Å². The van der Waals surface area contributed by atoms with Crippen molar-refractivity contribution in [3.8, 4) is 0 Å². The lowest BCUT2D eigenvalue weighted by molar-refractivity contribution is 0.483. The van der Waals surface area contributed by atoms with Crippen molar-refractivity contribution in [3.63, 3.8) is 0 Å². The van der Waals surface area contributed by atoms with E-state index in [1.54, 1.807) is 6.07 Å². The maximum atomic E-state index is 11.1. The first kappa shape index (κ1) is 26.5. The van der Waals surface area contributed by atoms with E-state index in [2.05, 4.69) is 6.92 Å². The Morgan fingerprint density at radius 3 is 1.52 bits per heavy atom. The third-order valence-corrected chi connectivity index (χ3v) is 6.82. The largest absolute Gasteiger partial charge is 0.294 e. The SMILES string of the molecule is CCCCCCCCCCCCCCCCCCc1ccc(S(=O)(=O)O)cc1Cl. The van der Waals surface area contributed by atoms with Crippen LogP contribution in [0, 0.1) is 0 Å². The van der Waals surface area contributed by atoms with Crippen molar-refractivity contribution >= 4 is 21.7 Å². The highest BCUT2D eigenvalue weighted by atomic mass is 35.5. The van der Waals surface area contributed by atoms with E-state index in [9.17, 15) is 8.42 Å². The molecule has 1 rings (SSSR count). The van der Waals surface area contributed by atoms with Crippen molar-refractivity contribution < 1.29 is 13.0 Å². The minimum atomic E-state index is -4.18. The van der Waals surface area contributed by atoms with Gasteiger partial charge in [-0.15, -0.1) is 0 Å². The second kappa shape index (κ2) is 16.2. The van der Waals surface area contributed by atoms with Crippen LogP contribution in [0.1, 0.15) is 115 Å². The van der Waals surface area contributed by atoms with Crippen molar-refractivity contribution in [3.05, 3.63) is 28.8 Å². The first-order valence-electron chi connectivity index (χ1n) is 11.7. The van der Waals surface area contributed by atoms with Gasteiger partial charge in [-0.2, -0.15) is 8.42 Å². The molecule has 0 heterocycles. The third-order valence-electron chi connectivity index (χ3n) is 5.62. The molecular formula is C24H41ClO3S. The Labute approximate surface area is 184 Å². The molecule has 1 N–H and O–H groups in total. The van der Waals surface area contributed by atoms with Crippen LogP contribution in [0.25, 0.3) is 0 Å². The summed E-state index contributed by atoms with van der Waals surface area (Å²) >= 11 is 6.13. The van der Waals surface area contributed by atoms with Crippen molar-refractivity contribution in [1.82, 2.24) is 0 Å². The highest BCUT2D eigenvalue weighted by molar-refractivity contribution is 7.85. The molecular weight excluding hydrogens is 404 g/mol. The van der Waals surface area contributed by atoms with Crippen LogP contribution in [0.3, 0.4) is 0 Å². The smallest absolute Gasteiger partial charge is 0.282 e. The molecule has 0 fully saturated rings. The second-order valence-electron chi connectivity index (χ2n) is 8.28. The molecule has 5 heteroatoms. The first-order chi connectivity index (χ1) is 13.9. The molecule has 0 saturated carbocycles. The molecule has 0 amide bonds. The fourth-order valence-electron chi connectivity index (χ4n) is 3.75. The van der Waals surface area contributed by atoms with Crippen molar-refractivity contribution in [1.29, 1.82) is 0 Å². The zero-order valence-electron chi connectivity index (χ0n) is 18.3. The van der Waals surface area contributed by atoms with Gasteiger partial charge in [0, 0.05) is 5.02 Å². The van der Waals surface area contributed by atoms with Crippen molar-refractivity contribution in [2.75, 3.05) is 0 Å². The van der Waals surface area contributed by atoms with Crippen molar-refractivity contribution in [2.45, 2.75) is 121 Å². The molecule has 0 saturated heterocycles. The van der Waals surface area contributed by atoms with Crippen LogP contribution in [0.15, 0.2) is 23.1 Å². The van der Waals surface area contributed by atoms with Gasteiger partial charge in [0.2, 0.25) is 0 Å². The molecule has 0 aromatic heterocycles. The number of hydrogen-bond acceptors (Lipinski definition) is 2. The highest BCUT2D eigenvalue weighted by Crippen LogP contribution is 2.23. The Morgan fingerprint density at radius 2 is 1.14 bits per heavy atom. The molecule has 1 aromatic carbocycles. The molecule has 0 radical (unpaired) electrons. The summed E-state index contributed by atoms with van der Waals surface area (Å²) in [6.07, 6.45) is 22.4. The quantitative estimate of drug-likeness (QED) is 0.182. The lowest BCUT2D eigenvalue weighted by Crippen LogP contribution is -1.99. The van der Waals surface area contributed by atoms with Gasteiger partial charge in [0.15, 0.2) is 0 Å². The maximum absolute atomic E-state index is 11.1. The fourth-order valence-corrected chi connectivity index (χ4v) is 4.60. The molecule has 0 aliphatic heterocycles. The van der Waals surface area contributed by atoms with Gasteiger partial charge in [-0.25, -0.2) is 0 Å². The van der Waals surface area contributed by atoms with Gasteiger partial charge >= 0.3 is 0 Å². The Bertz CT molecular complexity index is 644. The van der Waals surface area contributed by atoms with E-state index in [1.807, 2.05) is 0 Å². The zero-order valence-corrected chi connectivity index (χ0v) is 19.9. The van der Waals surface area contributed by atoms with Crippen LogP contribution in [0.4, 0.5) is 0 Å². The topological polar surface area (TPSA) is 54.4 Å². The van der Waals surface area contributed by atoms with Gasteiger partial charge in [-0.05, 0) is 30.5 Å². The summed E-state index contributed by atoms with van der Waals surface area (Å²) < 4.78 is 31.3. The standard InChI is InChI=1S/C24H41ClO3S/c1-2-3-4-5-6-7-8-9-10-11-12-13-14-15-16-17-18-22-19-20-23(21-24(22)25)29(26,27)28/h19-21H,2-18H2,1H3,(H,26,27,28). The van der Waals surface area contributed by atoms with Gasteiger partial charge in [0.1, 0.15) is 0 Å². The predicted octanol–water partition coefficient (Wildman–Crippen LogP) is 8.39. The number of hydrogen-bond donors (Lipinski definition) is 1. The number of rotatable bonds is 18. The maximum Gasteiger partial charge on any atom is 0.294 e. The van der Waals surface area contributed by atoms with E-state index < -0.39 is 10.1 Å². The summed E-state index contributed by atoms with van der Waals surface area (Å²) in [5.74, 6) is 0. The van der Waals surface area contributed by atoms with Gasteiger partial charge < -0.3 is 0 Å². The number of benzene rings is 1. The summed E-state index contributed by atoms with van der Waals surface area (Å²) in [5, 5.41) is 0.418. The van der Waals surface area contributed by atoms with Gasteiger partial charge in [0.05, 0.1) is 4.90 Å². The van der Waals surface area contributed by atoms with Gasteiger partial charge in [-0.3, -0.25) is 4.55 Å². The number of aryl methyl sites for hydroxylation is 1. The summed E-state index contributed by atoms with van der Waals surface area (Å²) in [6, 6.07) is 4.46. The monoisotopic (exact) mass is 444 g/mol. The molecule has 0 atom stereocenters. The van der Waals surface area contributed by atoms with Crippen LogP contribution in [0.2, 0.25) is 5.02 Å². The Morgan fingerprint density at radius 1 is 0.724 bits per heavy atom. The molecule has 1 aromatic rings. The second-order valence-corrected chi connectivity index (χ2v) is 10.1. The van der Waals surface area contributed by atoms with E-state index in [4.69, 9.17) is 16.2 Å². The molecule has 0 aliphatic rings. The number of unbranched alkanes of at least 4 members (excludes halogenated alkanes) is 15. The minimum Gasteiger partial charge on any atom is -0.282 e. The zero-order chi connectivity index (χ0) is 21.4. The molecule has 29 heavy (non-hydrogen) atoms. The molecule has 0 unspecified atom stereocenters. The van der Waals surface area contributed by atoms with Crippen LogP contribution in [-0.4, -0.2) is 13.0 Å². The van der Waals surface area contributed by atoms with Crippen molar-refractivity contribution in [2.24, 2.45) is 0 Å². The fraction of sp³-hybridized carbons (Fsp3) is 0.750. The predicted molar refractivity (Wildman–Crippen MR) is 125 cm³/mol. The molecule has 0 spiro atoms. The Hall–Kier alpha value is -0.580. The average Bonchev–Trinajstić information content (AvgIpc) is 2.68. The average molecular weight is 445 g/mol. The van der Waals surface area contributed by atoms with E-state index >= 15 is 0 Å². The van der Waals surface area contributed by atoms with Gasteiger partial charge in [0.25, 0.3) is 10.1 Å². The van der Waals surface area contributed by atoms with E-state index in [-0.39, 0.29) is 4.90 Å². The van der Waals surface area contributed by atoms with E-state index in [0.717, 1.165) is 18.4 Å². The third kappa shape index (κ3) is 13.4. The van der Waals surface area contributed by atoms with Crippen LogP contribution >= 0.6 is 11.6 Å². The molecule has 0 bridgehead atoms. The lowest BCUT2D eigenvalue weighted by atomic mass is 10.0. The van der Waals surface area contributed by atoms with Crippen LogP contribution in [0.5, 0.6) is 0 Å². The normalized spacial score (nSPS) is 11.8. The van der Waals surface area contributed by atoms with E-state index in [1.165, 1.54) is 108 Å². The summed E-state index contributed by atoms with van der Waals surface area (Å²) in [6.45, 7) is 2.27. The minimum absolute atomic E-state index is 0.141. The molecule has 3 nitrogen and oxygen atoms in total. The Kier molecular flexibility index (Phi) is 14.7. The highest BCUT2D eigenvalue weighted by Gasteiger charge is 2.11. The summed E-state index contributed by atoms with van der Waals surface area (Å²) in [4.78, 5) is -0.141. The van der Waals surface area contributed by atoms with E-state index in [0.29, 0.717) is 5.02 Å². The number of halogens is 1. The lowest BCUT2D eigenvalue weighted by Gasteiger charge is -2.06. The van der Waals surface area contributed by atoms with Crippen LogP contribution in [-0.2, 0) is 16.5 Å². The molecule has 0 aliphatic carbocycles. The molecule has 168 valence electrons.